The van der Waals surface area contributed by atoms with Crippen LogP contribution in [-0.2, 0) is 9.47 Å². The van der Waals surface area contributed by atoms with Crippen LogP contribution in [0.15, 0.2) is 45.4 Å². The fourth-order valence-electron chi connectivity index (χ4n) is 2.75. The van der Waals surface area contributed by atoms with Crippen LogP contribution in [0, 0.1) is 6.92 Å². The molecule has 1 fully saturated rings. The first kappa shape index (κ1) is 18.4. The minimum Gasteiger partial charge on any atom is -0.459 e. The molecule has 1 aliphatic heterocycles. The summed E-state index contributed by atoms with van der Waals surface area (Å²) in [6.07, 6.45) is 2.99. The summed E-state index contributed by atoms with van der Waals surface area (Å²) in [5, 5.41) is 3.67. The summed E-state index contributed by atoms with van der Waals surface area (Å²) in [4.78, 5) is 44.4. The highest BCUT2D eigenvalue weighted by atomic mass is 16.6. The van der Waals surface area contributed by atoms with Gasteiger partial charge in [-0.05, 0) is 24.6 Å². The molecule has 3 atom stereocenters. The second-order valence-electron chi connectivity index (χ2n) is 5.96. The Morgan fingerprint density at radius 1 is 1.56 bits per heavy atom. The van der Waals surface area contributed by atoms with Gasteiger partial charge in [-0.25, -0.2) is 9.59 Å². The van der Waals surface area contributed by atoms with Gasteiger partial charge >= 0.3 is 11.7 Å². The van der Waals surface area contributed by atoms with Crippen molar-refractivity contribution >= 4 is 5.97 Å². The summed E-state index contributed by atoms with van der Waals surface area (Å²) in [6.45, 7) is 1.40. The molecule has 11 nitrogen and oxygen atoms in total. The summed E-state index contributed by atoms with van der Waals surface area (Å²) in [5.41, 5.74) is 8.26. The summed E-state index contributed by atoms with van der Waals surface area (Å²) >= 11 is 0. The van der Waals surface area contributed by atoms with Gasteiger partial charge in [0.1, 0.15) is 18.9 Å². The number of H-pyrrole nitrogens is 1. The zero-order valence-electron chi connectivity index (χ0n) is 14.3. The van der Waals surface area contributed by atoms with E-state index in [9.17, 15) is 14.4 Å². The maximum Gasteiger partial charge on any atom is 0.339 e. The SMILES string of the molecule is Cc1cn([C@H]2C[C@H](N=[N+]=[N-])[C@@H](COC(=O)c3cccnc3)O2)c(=O)[nH]c1=O. The van der Waals surface area contributed by atoms with Crippen molar-refractivity contribution in [1.82, 2.24) is 14.5 Å². The topological polar surface area (TPSA) is 152 Å². The molecule has 3 rings (SSSR count). The summed E-state index contributed by atoms with van der Waals surface area (Å²) in [7, 11) is 0. The van der Waals surface area contributed by atoms with Crippen LogP contribution < -0.4 is 11.2 Å². The molecule has 2 aromatic rings. The average Bonchev–Trinajstić information content (AvgIpc) is 3.06. The first-order valence-electron chi connectivity index (χ1n) is 8.08. The van der Waals surface area contributed by atoms with Crippen LogP contribution in [0.1, 0.15) is 28.6 Å². The summed E-state index contributed by atoms with van der Waals surface area (Å²) < 4.78 is 12.2. The van der Waals surface area contributed by atoms with Gasteiger partial charge in [-0.15, -0.1) is 0 Å². The smallest absolute Gasteiger partial charge is 0.339 e. The molecule has 0 unspecified atom stereocenters. The minimum atomic E-state index is -0.759. The third kappa shape index (κ3) is 4.05. The largest absolute Gasteiger partial charge is 0.459 e. The Kier molecular flexibility index (Phi) is 5.34. The van der Waals surface area contributed by atoms with Gasteiger partial charge in [0.25, 0.3) is 5.56 Å². The monoisotopic (exact) mass is 372 g/mol. The van der Waals surface area contributed by atoms with Crippen molar-refractivity contribution in [2.75, 3.05) is 6.61 Å². The number of carbonyl (C=O) groups excluding carboxylic acids is 1. The van der Waals surface area contributed by atoms with E-state index < -0.39 is 35.6 Å². The lowest BCUT2D eigenvalue weighted by Gasteiger charge is -2.16. The second-order valence-corrected chi connectivity index (χ2v) is 5.96. The fourth-order valence-corrected chi connectivity index (χ4v) is 2.75. The molecule has 0 radical (unpaired) electrons. The molecule has 11 heteroatoms. The lowest BCUT2D eigenvalue weighted by atomic mass is 10.1. The van der Waals surface area contributed by atoms with Crippen molar-refractivity contribution in [1.29, 1.82) is 0 Å². The molecule has 1 aliphatic rings. The zero-order chi connectivity index (χ0) is 19.4. The highest BCUT2D eigenvalue weighted by molar-refractivity contribution is 5.88. The summed E-state index contributed by atoms with van der Waals surface area (Å²) in [5.74, 6) is -0.591. The van der Waals surface area contributed by atoms with E-state index in [2.05, 4.69) is 20.0 Å². The Labute approximate surface area is 152 Å². The van der Waals surface area contributed by atoms with Crippen LogP contribution in [0.25, 0.3) is 10.4 Å². The number of hydrogen-bond donors (Lipinski definition) is 1. The molecular weight excluding hydrogens is 356 g/mol. The molecule has 3 heterocycles. The molecule has 0 bridgehead atoms. The molecule has 0 saturated carbocycles. The number of pyridine rings is 1. The average molecular weight is 372 g/mol. The van der Waals surface area contributed by atoms with E-state index in [-0.39, 0.29) is 18.6 Å². The van der Waals surface area contributed by atoms with Gasteiger partial charge < -0.3 is 9.47 Å². The number of rotatable bonds is 5. The first-order chi connectivity index (χ1) is 13.0. The fraction of sp³-hybridized carbons (Fsp3) is 0.375. The Bertz CT molecular complexity index is 994. The standard InChI is InChI=1S/C16H16N6O5/c1-9-7-22(16(25)19-14(9)23)13-5-11(20-21-17)12(27-13)8-26-15(24)10-3-2-4-18-6-10/h2-4,6-7,11-13H,5,8H2,1H3,(H,19,23,25)/t11-,12+,13+/m0/s1. The molecular formula is C16H16N6O5. The number of aromatic amines is 1. The molecule has 140 valence electrons. The normalized spacial score (nSPS) is 21.4. The molecule has 1 N–H and O–H groups in total. The highest BCUT2D eigenvalue weighted by Gasteiger charge is 2.37. The van der Waals surface area contributed by atoms with Crippen LogP contribution in [0.3, 0.4) is 0 Å². The maximum absolute atomic E-state index is 12.0. The predicted molar refractivity (Wildman–Crippen MR) is 92.0 cm³/mol. The van der Waals surface area contributed by atoms with Crippen molar-refractivity contribution in [3.63, 3.8) is 0 Å². The maximum atomic E-state index is 12.0. The molecule has 2 aromatic heterocycles. The quantitative estimate of drug-likeness (QED) is 0.358. The van der Waals surface area contributed by atoms with Crippen LogP contribution >= 0.6 is 0 Å². The zero-order valence-corrected chi connectivity index (χ0v) is 14.3. The molecule has 0 amide bonds. The molecule has 0 aromatic carbocycles. The van der Waals surface area contributed by atoms with Crippen LogP contribution in [0.2, 0.25) is 0 Å². The van der Waals surface area contributed by atoms with Crippen molar-refractivity contribution in [2.45, 2.75) is 31.7 Å². The summed E-state index contributed by atoms with van der Waals surface area (Å²) in [6, 6.07) is 2.52. The van der Waals surface area contributed by atoms with E-state index in [0.717, 1.165) is 0 Å². The number of ether oxygens (including phenoxy) is 2. The number of aryl methyl sites for hydroxylation is 1. The highest BCUT2D eigenvalue weighted by Crippen LogP contribution is 2.30. The number of hydrogen-bond acceptors (Lipinski definition) is 7. The number of esters is 1. The van der Waals surface area contributed by atoms with Crippen molar-refractivity contribution < 1.29 is 14.3 Å². The first-order valence-corrected chi connectivity index (χ1v) is 8.08. The Morgan fingerprint density at radius 3 is 3.07 bits per heavy atom. The third-order valence-electron chi connectivity index (χ3n) is 4.14. The third-order valence-corrected chi connectivity index (χ3v) is 4.14. The van der Waals surface area contributed by atoms with Gasteiger partial charge in [-0.1, -0.05) is 5.11 Å². The molecule has 1 saturated heterocycles. The van der Waals surface area contributed by atoms with Gasteiger partial charge in [0.2, 0.25) is 0 Å². The lowest BCUT2D eigenvalue weighted by Crippen LogP contribution is -2.33. The van der Waals surface area contributed by atoms with Crippen LogP contribution in [-0.4, -0.2) is 39.3 Å². The number of carbonyl (C=O) groups is 1. The van der Waals surface area contributed by atoms with Crippen molar-refractivity contribution in [3.8, 4) is 0 Å². The van der Waals surface area contributed by atoms with E-state index in [0.29, 0.717) is 5.56 Å². The van der Waals surface area contributed by atoms with Crippen molar-refractivity contribution in [3.05, 3.63) is 73.1 Å². The van der Waals surface area contributed by atoms with Gasteiger partial charge in [-0.2, -0.15) is 0 Å². The molecule has 0 spiro atoms. The Balaban J connectivity index is 1.74. The number of aromatic nitrogens is 3. The second kappa shape index (κ2) is 7.85. The number of nitrogens with zero attached hydrogens (tertiary/aromatic N) is 5. The molecule has 27 heavy (non-hydrogen) atoms. The van der Waals surface area contributed by atoms with E-state index in [4.69, 9.17) is 15.0 Å². The number of azide groups is 1. The van der Waals surface area contributed by atoms with Crippen LogP contribution in [0.4, 0.5) is 0 Å². The van der Waals surface area contributed by atoms with Gasteiger partial charge in [0.05, 0.1) is 11.6 Å². The van der Waals surface area contributed by atoms with Gasteiger partial charge in [-0.3, -0.25) is 19.3 Å². The lowest BCUT2D eigenvalue weighted by molar-refractivity contribution is -0.0363. The predicted octanol–water partition coefficient (Wildman–Crippen LogP) is 1.06. The van der Waals surface area contributed by atoms with Crippen LogP contribution in [0.5, 0.6) is 0 Å². The van der Waals surface area contributed by atoms with E-state index in [1.807, 2.05) is 0 Å². The van der Waals surface area contributed by atoms with E-state index in [1.54, 1.807) is 19.1 Å². The Morgan fingerprint density at radius 2 is 2.37 bits per heavy atom. The minimum absolute atomic E-state index is 0.162. The van der Waals surface area contributed by atoms with Gasteiger partial charge in [0.15, 0.2) is 0 Å². The van der Waals surface area contributed by atoms with E-state index in [1.165, 1.54) is 23.2 Å². The molecule has 0 aliphatic carbocycles. The van der Waals surface area contributed by atoms with Gasteiger partial charge in [0, 0.05) is 35.5 Å². The number of nitrogens with one attached hydrogen (secondary N) is 1. The Hall–Kier alpha value is -3.43. The van der Waals surface area contributed by atoms with E-state index >= 15 is 0 Å². The van der Waals surface area contributed by atoms with Crippen molar-refractivity contribution in [2.24, 2.45) is 5.11 Å².